The Bertz CT molecular complexity index is 760. The van der Waals surface area contributed by atoms with Gasteiger partial charge in [0.15, 0.2) is 5.96 Å². The van der Waals surface area contributed by atoms with Crippen LogP contribution in [-0.4, -0.2) is 44.2 Å². The Morgan fingerprint density at radius 3 is 3.07 bits per heavy atom. The van der Waals surface area contributed by atoms with E-state index in [2.05, 4.69) is 44.6 Å². The molecule has 146 valence electrons. The molecule has 1 aromatic carbocycles. The number of hydrogen-bond acceptors (Lipinski definition) is 5. The number of hydrogen-bond donors (Lipinski definition) is 2. The molecule has 1 unspecified atom stereocenters. The van der Waals surface area contributed by atoms with Crippen molar-refractivity contribution >= 4 is 23.0 Å². The van der Waals surface area contributed by atoms with Crippen molar-refractivity contribution in [1.82, 2.24) is 15.6 Å². The molecule has 6 nitrogen and oxygen atoms in total. The summed E-state index contributed by atoms with van der Waals surface area (Å²) in [6.45, 7) is 4.88. The molecule has 0 amide bonds. The zero-order chi connectivity index (χ0) is 19.1. The lowest BCUT2D eigenvalue weighted by Gasteiger charge is -2.35. The summed E-state index contributed by atoms with van der Waals surface area (Å²) in [5, 5.41) is 8.05. The Kier molecular flexibility index (Phi) is 6.92. The van der Waals surface area contributed by atoms with Crippen molar-refractivity contribution in [3.05, 3.63) is 40.3 Å². The van der Waals surface area contributed by atoms with E-state index in [1.807, 2.05) is 25.4 Å². The van der Waals surface area contributed by atoms with Crippen molar-refractivity contribution < 1.29 is 4.74 Å². The molecule has 1 atom stereocenters. The van der Waals surface area contributed by atoms with Gasteiger partial charge in [-0.3, -0.25) is 4.99 Å². The van der Waals surface area contributed by atoms with Crippen LogP contribution in [0.2, 0.25) is 0 Å². The van der Waals surface area contributed by atoms with Crippen LogP contribution in [0.3, 0.4) is 0 Å². The summed E-state index contributed by atoms with van der Waals surface area (Å²) in [7, 11) is 3.53. The van der Waals surface area contributed by atoms with Gasteiger partial charge in [0.05, 0.1) is 13.7 Å². The Hall–Kier alpha value is -2.28. The van der Waals surface area contributed by atoms with Gasteiger partial charge in [-0.25, -0.2) is 4.98 Å². The minimum absolute atomic E-state index is 0.360. The zero-order valence-electron chi connectivity index (χ0n) is 16.4. The van der Waals surface area contributed by atoms with E-state index in [-0.39, 0.29) is 0 Å². The number of aromatic nitrogens is 1. The van der Waals surface area contributed by atoms with Gasteiger partial charge in [-0.15, -0.1) is 11.3 Å². The number of nitrogens with zero attached hydrogens (tertiary/aromatic N) is 3. The molecule has 7 heteroatoms. The number of guanidine groups is 1. The first-order valence-electron chi connectivity index (χ1n) is 9.51. The van der Waals surface area contributed by atoms with E-state index in [1.54, 1.807) is 18.4 Å². The number of nitrogens with one attached hydrogen (secondary N) is 2. The van der Waals surface area contributed by atoms with Crippen molar-refractivity contribution in [1.29, 1.82) is 0 Å². The van der Waals surface area contributed by atoms with E-state index < -0.39 is 0 Å². The number of thiazole rings is 1. The normalized spacial score (nSPS) is 17.7. The molecule has 27 heavy (non-hydrogen) atoms. The first-order chi connectivity index (χ1) is 13.2. The van der Waals surface area contributed by atoms with Crippen molar-refractivity contribution in [2.45, 2.75) is 38.8 Å². The highest BCUT2D eigenvalue weighted by molar-refractivity contribution is 7.11. The summed E-state index contributed by atoms with van der Waals surface area (Å²) in [6.07, 6.45) is 5.29. The molecule has 0 bridgehead atoms. The summed E-state index contributed by atoms with van der Waals surface area (Å²) in [6, 6.07) is 8.63. The fourth-order valence-corrected chi connectivity index (χ4v) is 4.08. The summed E-state index contributed by atoms with van der Waals surface area (Å²) in [5.41, 5.74) is 1.21. The maximum atomic E-state index is 5.36. The molecule has 3 rings (SSSR count). The largest absolute Gasteiger partial charge is 0.497 e. The van der Waals surface area contributed by atoms with Crippen LogP contribution >= 0.6 is 11.3 Å². The highest BCUT2D eigenvalue weighted by Gasteiger charge is 2.21. The third-order valence-corrected chi connectivity index (χ3v) is 5.90. The molecule has 1 aliphatic heterocycles. The van der Waals surface area contributed by atoms with Crippen molar-refractivity contribution in [3.8, 4) is 5.75 Å². The average Bonchev–Trinajstić information content (AvgIpc) is 3.19. The Balaban J connectivity index is 1.55. The second-order valence-electron chi connectivity index (χ2n) is 6.63. The number of piperidine rings is 1. The summed E-state index contributed by atoms with van der Waals surface area (Å²) >= 11 is 1.76. The average molecular weight is 388 g/mol. The van der Waals surface area contributed by atoms with E-state index >= 15 is 0 Å². The van der Waals surface area contributed by atoms with Gasteiger partial charge in [0.1, 0.15) is 10.8 Å². The van der Waals surface area contributed by atoms with Crippen molar-refractivity contribution in [2.75, 3.05) is 32.1 Å². The number of benzene rings is 1. The second kappa shape index (κ2) is 9.60. The SMILES string of the molecule is CCc1cnc(CNC(=NC)NC2CCCN(c3cccc(OC)c3)C2)s1. The molecule has 0 saturated carbocycles. The molecule has 0 aliphatic carbocycles. The van der Waals surface area contributed by atoms with Crippen LogP contribution < -0.4 is 20.3 Å². The van der Waals surface area contributed by atoms with Crippen LogP contribution in [0, 0.1) is 0 Å². The topological polar surface area (TPSA) is 61.8 Å². The predicted molar refractivity (Wildman–Crippen MR) is 113 cm³/mol. The molecule has 1 saturated heterocycles. The molecule has 2 aromatic rings. The summed E-state index contributed by atoms with van der Waals surface area (Å²) < 4.78 is 5.36. The fourth-order valence-electron chi connectivity index (χ4n) is 3.28. The van der Waals surface area contributed by atoms with Gasteiger partial charge in [0.25, 0.3) is 0 Å². The number of rotatable bonds is 6. The quantitative estimate of drug-likeness (QED) is 0.589. The third kappa shape index (κ3) is 5.35. The van der Waals surface area contributed by atoms with Gasteiger partial charge in [-0.2, -0.15) is 0 Å². The first kappa shape index (κ1) is 19.5. The Labute approximate surface area is 165 Å². The maximum Gasteiger partial charge on any atom is 0.191 e. The lowest BCUT2D eigenvalue weighted by Crippen LogP contribution is -2.51. The lowest BCUT2D eigenvalue weighted by molar-refractivity contribution is 0.414. The van der Waals surface area contributed by atoms with Gasteiger partial charge < -0.3 is 20.3 Å². The summed E-state index contributed by atoms with van der Waals surface area (Å²) in [5.74, 6) is 1.73. The molecule has 2 heterocycles. The number of anilines is 1. The minimum atomic E-state index is 0.360. The molecule has 0 spiro atoms. The van der Waals surface area contributed by atoms with Crippen LogP contribution in [-0.2, 0) is 13.0 Å². The van der Waals surface area contributed by atoms with Gasteiger partial charge in [0.2, 0.25) is 0 Å². The highest BCUT2D eigenvalue weighted by atomic mass is 32.1. The third-order valence-electron chi connectivity index (χ3n) is 4.76. The van der Waals surface area contributed by atoms with Crippen molar-refractivity contribution in [2.24, 2.45) is 4.99 Å². The van der Waals surface area contributed by atoms with Crippen LogP contribution in [0.25, 0.3) is 0 Å². The maximum absolute atomic E-state index is 5.36. The van der Waals surface area contributed by atoms with Crippen LogP contribution in [0.1, 0.15) is 29.7 Å². The Morgan fingerprint density at radius 1 is 1.44 bits per heavy atom. The number of methoxy groups -OCH3 is 1. The standard InChI is InChI=1S/C20H29N5OS/c1-4-18-12-22-19(27-18)13-23-20(21-2)24-15-7-6-10-25(14-15)16-8-5-9-17(11-16)26-3/h5,8-9,11-12,15H,4,6-7,10,13-14H2,1-3H3,(H2,21,23,24). The van der Waals surface area contributed by atoms with E-state index in [0.717, 1.165) is 49.1 Å². The van der Waals surface area contributed by atoms with E-state index in [1.165, 1.54) is 10.6 Å². The Morgan fingerprint density at radius 2 is 2.33 bits per heavy atom. The molecule has 2 N–H and O–H groups in total. The van der Waals surface area contributed by atoms with Crippen LogP contribution in [0.15, 0.2) is 35.5 Å². The number of ether oxygens (including phenoxy) is 1. The number of aryl methyl sites for hydroxylation is 1. The monoisotopic (exact) mass is 387 g/mol. The van der Waals surface area contributed by atoms with Crippen LogP contribution in [0.5, 0.6) is 5.75 Å². The number of aliphatic imine (C=N–C) groups is 1. The lowest BCUT2D eigenvalue weighted by atomic mass is 10.0. The molecular weight excluding hydrogens is 358 g/mol. The van der Waals surface area contributed by atoms with Crippen molar-refractivity contribution in [3.63, 3.8) is 0 Å². The summed E-state index contributed by atoms with van der Waals surface area (Å²) in [4.78, 5) is 12.6. The van der Waals surface area contributed by atoms with Gasteiger partial charge >= 0.3 is 0 Å². The van der Waals surface area contributed by atoms with E-state index in [0.29, 0.717) is 12.6 Å². The molecule has 0 radical (unpaired) electrons. The van der Waals surface area contributed by atoms with E-state index in [4.69, 9.17) is 4.74 Å². The zero-order valence-corrected chi connectivity index (χ0v) is 17.2. The van der Waals surface area contributed by atoms with Gasteiger partial charge in [0, 0.05) is 49.0 Å². The highest BCUT2D eigenvalue weighted by Crippen LogP contribution is 2.24. The molecular formula is C20H29N5OS. The molecule has 1 fully saturated rings. The molecule has 1 aliphatic rings. The smallest absolute Gasteiger partial charge is 0.191 e. The van der Waals surface area contributed by atoms with Crippen LogP contribution in [0.4, 0.5) is 5.69 Å². The minimum Gasteiger partial charge on any atom is -0.497 e. The van der Waals surface area contributed by atoms with Gasteiger partial charge in [-0.1, -0.05) is 13.0 Å². The van der Waals surface area contributed by atoms with Gasteiger partial charge in [-0.05, 0) is 31.4 Å². The van der Waals surface area contributed by atoms with E-state index in [9.17, 15) is 0 Å². The second-order valence-corrected chi connectivity index (χ2v) is 7.83. The molecule has 1 aromatic heterocycles. The first-order valence-corrected chi connectivity index (χ1v) is 10.3. The fraction of sp³-hybridized carbons (Fsp3) is 0.500. The predicted octanol–water partition coefficient (Wildman–Crippen LogP) is 3.05.